The van der Waals surface area contributed by atoms with Crippen LogP contribution in [0.2, 0.25) is 0 Å². The quantitative estimate of drug-likeness (QED) is 0.427. The smallest absolute Gasteiger partial charge is 0.339 e. The van der Waals surface area contributed by atoms with Gasteiger partial charge in [-0.3, -0.25) is 24.2 Å². The van der Waals surface area contributed by atoms with Gasteiger partial charge in [0.2, 0.25) is 5.91 Å². The summed E-state index contributed by atoms with van der Waals surface area (Å²) in [5.41, 5.74) is -1.81. The molecule has 0 saturated heterocycles. The largest absolute Gasteiger partial charge is 0.480 e. The number of amides is 1. The zero-order valence-electron chi connectivity index (χ0n) is 10.2. The maximum Gasteiger partial charge on any atom is 0.339 e. The number of H-pyrrole nitrogens is 1. The fourth-order valence-corrected chi connectivity index (χ4v) is 2.10. The molecule has 0 spiro atoms. The summed E-state index contributed by atoms with van der Waals surface area (Å²) in [5, 5.41) is 13.5. The lowest BCUT2D eigenvalue weighted by molar-refractivity contribution is -0.140. The molecule has 9 nitrogen and oxygen atoms in total. The molecule has 10 heteroatoms. The van der Waals surface area contributed by atoms with Crippen molar-refractivity contribution < 1.29 is 14.7 Å². The average Bonchev–Trinajstić information content (AvgIpc) is 2.29. The standard InChI is InChI=1S/C9H12N4O5S/c1-4(14)10-5(8(17)18)3-19-9-11-6(15)7(16)12-13(9)2/h5H,3H2,1-2H3,(H,10,14)(H,12,16)(H,17,18). The maximum absolute atomic E-state index is 11.1. The lowest BCUT2D eigenvalue weighted by Gasteiger charge is -2.13. The molecule has 1 rings (SSSR count). The number of carbonyl (C=O) groups is 2. The van der Waals surface area contributed by atoms with Crippen LogP contribution < -0.4 is 16.4 Å². The molecule has 0 fully saturated rings. The molecule has 0 bridgehead atoms. The minimum absolute atomic E-state index is 0.0266. The van der Waals surface area contributed by atoms with Crippen LogP contribution >= 0.6 is 11.8 Å². The van der Waals surface area contributed by atoms with E-state index in [1.54, 1.807) is 0 Å². The SMILES string of the molecule is CC(=O)NC(CSc1nc(=O)c(=O)[nH]n1C)C(=O)O. The molecule has 1 unspecified atom stereocenters. The molecule has 1 atom stereocenters. The van der Waals surface area contributed by atoms with E-state index in [0.717, 1.165) is 11.8 Å². The summed E-state index contributed by atoms with van der Waals surface area (Å²) in [6.45, 7) is 1.20. The fraction of sp³-hybridized carbons (Fsp3) is 0.444. The Kier molecular flexibility index (Phi) is 4.87. The molecule has 3 N–H and O–H groups in total. The van der Waals surface area contributed by atoms with Crippen LogP contribution in [0.25, 0.3) is 0 Å². The van der Waals surface area contributed by atoms with E-state index >= 15 is 0 Å². The van der Waals surface area contributed by atoms with Gasteiger partial charge in [-0.2, -0.15) is 4.98 Å². The Hall–Kier alpha value is -2.10. The monoisotopic (exact) mass is 288 g/mol. The highest BCUT2D eigenvalue weighted by molar-refractivity contribution is 7.99. The average molecular weight is 288 g/mol. The van der Waals surface area contributed by atoms with Crippen molar-refractivity contribution >= 4 is 23.6 Å². The van der Waals surface area contributed by atoms with E-state index in [0.29, 0.717) is 0 Å². The van der Waals surface area contributed by atoms with E-state index in [-0.39, 0.29) is 10.9 Å². The van der Waals surface area contributed by atoms with Crippen LogP contribution in [0.3, 0.4) is 0 Å². The number of carbonyl (C=O) groups excluding carboxylic acids is 1. The Balaban J connectivity index is 2.82. The van der Waals surface area contributed by atoms with Gasteiger partial charge in [0.05, 0.1) is 0 Å². The summed E-state index contributed by atoms with van der Waals surface area (Å²) in [4.78, 5) is 47.3. The molecule has 0 aliphatic rings. The summed E-state index contributed by atoms with van der Waals surface area (Å²) in [6, 6.07) is -1.11. The summed E-state index contributed by atoms with van der Waals surface area (Å²) in [7, 11) is 1.46. The Labute approximate surface area is 111 Å². The van der Waals surface area contributed by atoms with Gasteiger partial charge in [-0.25, -0.2) is 4.79 Å². The number of aromatic nitrogens is 3. The molecule has 19 heavy (non-hydrogen) atoms. The number of thioether (sulfide) groups is 1. The van der Waals surface area contributed by atoms with E-state index in [4.69, 9.17) is 5.11 Å². The van der Waals surface area contributed by atoms with Crippen molar-refractivity contribution in [1.29, 1.82) is 0 Å². The number of aryl methyl sites for hydroxylation is 1. The van der Waals surface area contributed by atoms with Crippen LogP contribution in [-0.2, 0) is 16.6 Å². The van der Waals surface area contributed by atoms with E-state index in [1.165, 1.54) is 18.7 Å². The Bertz CT molecular complexity index is 607. The number of carboxylic acid groups (broad SMARTS) is 1. The first-order valence-electron chi connectivity index (χ1n) is 5.11. The number of nitrogens with one attached hydrogen (secondary N) is 2. The van der Waals surface area contributed by atoms with E-state index in [2.05, 4.69) is 15.4 Å². The van der Waals surface area contributed by atoms with Crippen LogP contribution in [0, 0.1) is 0 Å². The van der Waals surface area contributed by atoms with E-state index in [1.807, 2.05) is 0 Å². The van der Waals surface area contributed by atoms with Gasteiger partial charge in [-0.05, 0) is 0 Å². The van der Waals surface area contributed by atoms with Crippen molar-refractivity contribution in [2.75, 3.05) is 5.75 Å². The summed E-state index contributed by atoms with van der Waals surface area (Å²) >= 11 is 0.934. The van der Waals surface area contributed by atoms with E-state index in [9.17, 15) is 19.2 Å². The molecule has 104 valence electrons. The van der Waals surface area contributed by atoms with Gasteiger partial charge in [0.15, 0.2) is 5.16 Å². The lowest BCUT2D eigenvalue weighted by Crippen LogP contribution is -2.41. The first kappa shape index (κ1) is 15.0. The second-order valence-corrected chi connectivity index (χ2v) is 4.59. The predicted octanol–water partition coefficient (Wildman–Crippen LogP) is -1.85. The third-order valence-electron chi connectivity index (χ3n) is 2.00. The van der Waals surface area contributed by atoms with Crippen LogP contribution in [0.4, 0.5) is 0 Å². The number of aliphatic carboxylic acids is 1. The van der Waals surface area contributed by atoms with Gasteiger partial charge in [0.25, 0.3) is 0 Å². The molecule has 0 saturated carbocycles. The number of carboxylic acids is 1. The molecular formula is C9H12N4O5S. The van der Waals surface area contributed by atoms with Gasteiger partial charge in [-0.15, -0.1) is 0 Å². The first-order valence-corrected chi connectivity index (χ1v) is 6.10. The predicted molar refractivity (Wildman–Crippen MR) is 66.1 cm³/mol. The van der Waals surface area contributed by atoms with Gasteiger partial charge < -0.3 is 10.4 Å². The summed E-state index contributed by atoms with van der Waals surface area (Å²) in [6.07, 6.45) is 0. The van der Waals surface area contributed by atoms with Gasteiger partial charge >= 0.3 is 17.1 Å². The summed E-state index contributed by atoms with van der Waals surface area (Å²) < 4.78 is 1.21. The number of aromatic amines is 1. The zero-order chi connectivity index (χ0) is 14.6. The lowest BCUT2D eigenvalue weighted by atomic mass is 10.3. The highest BCUT2D eigenvalue weighted by Gasteiger charge is 2.19. The third kappa shape index (κ3) is 4.25. The summed E-state index contributed by atoms with van der Waals surface area (Å²) in [5.74, 6) is -1.70. The molecule has 1 aromatic heterocycles. The fourth-order valence-electron chi connectivity index (χ4n) is 1.17. The van der Waals surface area contributed by atoms with Crippen LogP contribution in [0.15, 0.2) is 14.7 Å². The molecule has 1 amide bonds. The van der Waals surface area contributed by atoms with Gasteiger partial charge in [0, 0.05) is 19.7 Å². The van der Waals surface area contributed by atoms with Crippen LogP contribution in [0.5, 0.6) is 0 Å². The van der Waals surface area contributed by atoms with Crippen LogP contribution in [-0.4, -0.2) is 43.5 Å². The molecule has 0 radical (unpaired) electrons. The minimum atomic E-state index is -1.20. The van der Waals surface area contributed by atoms with Crippen LogP contribution in [0.1, 0.15) is 6.92 Å². The van der Waals surface area contributed by atoms with Gasteiger partial charge in [-0.1, -0.05) is 11.8 Å². The zero-order valence-corrected chi connectivity index (χ0v) is 11.0. The normalized spacial score (nSPS) is 11.9. The molecule has 1 aromatic rings. The highest BCUT2D eigenvalue weighted by atomic mass is 32.2. The molecule has 0 aliphatic heterocycles. The second kappa shape index (κ2) is 6.18. The molecule has 0 aromatic carbocycles. The van der Waals surface area contributed by atoms with Crippen molar-refractivity contribution in [3.63, 3.8) is 0 Å². The first-order chi connectivity index (χ1) is 8.81. The van der Waals surface area contributed by atoms with E-state index < -0.39 is 29.0 Å². The van der Waals surface area contributed by atoms with Crippen molar-refractivity contribution in [1.82, 2.24) is 20.1 Å². The third-order valence-corrected chi connectivity index (χ3v) is 3.13. The Morgan fingerprint density at radius 3 is 2.68 bits per heavy atom. The second-order valence-electron chi connectivity index (χ2n) is 3.60. The number of rotatable bonds is 5. The number of hydrogen-bond acceptors (Lipinski definition) is 6. The van der Waals surface area contributed by atoms with Crippen molar-refractivity contribution in [2.45, 2.75) is 18.1 Å². The Morgan fingerprint density at radius 1 is 1.53 bits per heavy atom. The van der Waals surface area contributed by atoms with Crippen molar-refractivity contribution in [3.8, 4) is 0 Å². The molecular weight excluding hydrogens is 276 g/mol. The topological polar surface area (TPSA) is 134 Å². The van der Waals surface area contributed by atoms with Gasteiger partial charge in [0.1, 0.15) is 6.04 Å². The minimum Gasteiger partial charge on any atom is -0.480 e. The molecule has 0 aliphatic carbocycles. The number of nitrogens with zero attached hydrogens (tertiary/aromatic N) is 2. The maximum atomic E-state index is 11.1. The van der Waals surface area contributed by atoms with Crippen molar-refractivity contribution in [2.24, 2.45) is 7.05 Å². The van der Waals surface area contributed by atoms with Crippen molar-refractivity contribution in [3.05, 3.63) is 20.7 Å². The Morgan fingerprint density at radius 2 is 2.16 bits per heavy atom. The molecule has 1 heterocycles. The number of hydrogen-bond donors (Lipinski definition) is 3. The highest BCUT2D eigenvalue weighted by Crippen LogP contribution is 2.12.